The highest BCUT2D eigenvalue weighted by atomic mass is 35.5. The second kappa shape index (κ2) is 9.79. The summed E-state index contributed by atoms with van der Waals surface area (Å²) in [5, 5.41) is 7.55. The van der Waals surface area contributed by atoms with Crippen LogP contribution < -0.4 is 21.1 Å². The van der Waals surface area contributed by atoms with Crippen molar-refractivity contribution >= 4 is 58.0 Å². The molecule has 4 aromatic carbocycles. The number of carbonyl (C=O) groups is 2. The fourth-order valence-corrected chi connectivity index (χ4v) is 6.32. The Morgan fingerprint density at radius 1 is 0.846 bits per heavy atom. The number of amides is 2. The van der Waals surface area contributed by atoms with Gasteiger partial charge in [-0.2, -0.15) is 0 Å². The highest BCUT2D eigenvalue weighted by molar-refractivity contribution is 6.31. The Hall–Kier alpha value is -3.71. The molecule has 0 aliphatic carbocycles. The first-order valence-electron chi connectivity index (χ1n) is 12.2. The molecule has 2 aliphatic rings. The average molecular weight is 579 g/mol. The number of hydrogen-bond donors (Lipinski definition) is 3. The Morgan fingerprint density at radius 2 is 1.56 bits per heavy atom. The Balaban J connectivity index is 1.60. The predicted octanol–water partition coefficient (Wildman–Crippen LogP) is 7.26. The number of benzene rings is 4. The van der Waals surface area contributed by atoms with E-state index in [0.717, 1.165) is 5.56 Å². The minimum absolute atomic E-state index is 0.0705. The van der Waals surface area contributed by atoms with Crippen molar-refractivity contribution in [2.24, 2.45) is 0 Å². The summed E-state index contributed by atoms with van der Waals surface area (Å²) in [4.78, 5) is 27.6. The first kappa shape index (κ1) is 25.6. The number of fused-ring (bicyclic) bond motifs is 2. The van der Waals surface area contributed by atoms with Gasteiger partial charge >= 0.3 is 0 Å². The van der Waals surface area contributed by atoms with Crippen molar-refractivity contribution in [1.82, 2.24) is 5.32 Å². The van der Waals surface area contributed by atoms with E-state index in [1.165, 1.54) is 0 Å². The molecule has 2 heterocycles. The van der Waals surface area contributed by atoms with Crippen molar-refractivity contribution in [3.8, 4) is 11.5 Å². The van der Waals surface area contributed by atoms with Gasteiger partial charge in [0.2, 0.25) is 11.8 Å². The molecule has 2 amide bonds. The van der Waals surface area contributed by atoms with Crippen LogP contribution in [0.2, 0.25) is 15.1 Å². The minimum atomic E-state index is -1.26. The van der Waals surface area contributed by atoms with Crippen molar-refractivity contribution in [3.63, 3.8) is 0 Å². The van der Waals surface area contributed by atoms with Crippen LogP contribution in [0, 0.1) is 0 Å². The van der Waals surface area contributed by atoms with E-state index in [1.54, 1.807) is 66.7 Å². The number of hydrogen-bond acceptors (Lipinski definition) is 4. The Labute approximate surface area is 240 Å². The second-order valence-corrected chi connectivity index (χ2v) is 11.0. The SMILES string of the molecule is Nc1ccc(Oc2ccc(Cl)cc2C2NC(=O)CC(c3cccc(Cl)c3)C23C(=O)Nc2cc(Cl)ccc23)cc1. The van der Waals surface area contributed by atoms with Gasteiger partial charge in [-0.25, -0.2) is 0 Å². The Bertz CT molecular complexity index is 1630. The molecule has 1 spiro atoms. The van der Waals surface area contributed by atoms with Crippen LogP contribution in [-0.4, -0.2) is 11.8 Å². The number of halogens is 3. The number of carbonyl (C=O) groups excluding carboxylic acids is 2. The molecule has 4 aromatic rings. The lowest BCUT2D eigenvalue weighted by Crippen LogP contribution is -2.56. The zero-order valence-electron chi connectivity index (χ0n) is 20.4. The smallest absolute Gasteiger partial charge is 0.238 e. The first-order chi connectivity index (χ1) is 18.8. The first-order valence-corrected chi connectivity index (χ1v) is 13.4. The summed E-state index contributed by atoms with van der Waals surface area (Å²) in [5.74, 6) is -0.0627. The van der Waals surface area contributed by atoms with Gasteiger partial charge in [0, 0.05) is 44.3 Å². The van der Waals surface area contributed by atoms with Crippen LogP contribution in [0.1, 0.15) is 35.1 Å². The summed E-state index contributed by atoms with van der Waals surface area (Å²) in [6.07, 6.45) is 0.0705. The van der Waals surface area contributed by atoms with Gasteiger partial charge in [-0.3, -0.25) is 9.59 Å². The molecule has 4 N–H and O–H groups in total. The van der Waals surface area contributed by atoms with E-state index in [1.807, 2.05) is 18.2 Å². The molecular weight excluding hydrogens is 557 g/mol. The minimum Gasteiger partial charge on any atom is -0.457 e. The molecule has 1 fully saturated rings. The molecule has 2 aliphatic heterocycles. The summed E-state index contributed by atoms with van der Waals surface area (Å²) in [5.41, 5.74) is 7.80. The van der Waals surface area contributed by atoms with Gasteiger partial charge in [0.1, 0.15) is 16.9 Å². The van der Waals surface area contributed by atoms with Gasteiger partial charge in [0.05, 0.1) is 6.04 Å². The number of piperidine rings is 1. The van der Waals surface area contributed by atoms with Gasteiger partial charge in [0.25, 0.3) is 0 Å². The number of ether oxygens (including phenoxy) is 1. The largest absolute Gasteiger partial charge is 0.457 e. The maximum Gasteiger partial charge on any atom is 0.238 e. The maximum atomic E-state index is 14.2. The summed E-state index contributed by atoms with van der Waals surface area (Å²) in [7, 11) is 0. The third-order valence-electron chi connectivity index (χ3n) is 7.39. The average Bonchev–Trinajstić information content (AvgIpc) is 3.18. The van der Waals surface area contributed by atoms with Crippen LogP contribution in [0.3, 0.4) is 0 Å². The molecule has 6 rings (SSSR count). The van der Waals surface area contributed by atoms with Crippen molar-refractivity contribution in [2.45, 2.75) is 23.8 Å². The second-order valence-electron chi connectivity index (χ2n) is 9.68. The van der Waals surface area contributed by atoms with E-state index in [-0.39, 0.29) is 18.2 Å². The standard InChI is InChI=1S/C30H22Cl3N3O3/c31-17-3-1-2-16(12-17)24-15-27(37)36-28(30(24)23-10-4-19(33)14-25(23)35-29(30)38)22-13-18(32)5-11-26(22)39-21-8-6-20(34)7-9-21/h1-14,24,28H,15,34H2,(H,35,38)(H,36,37). The predicted molar refractivity (Wildman–Crippen MR) is 154 cm³/mol. The molecule has 0 bridgehead atoms. The van der Waals surface area contributed by atoms with E-state index in [2.05, 4.69) is 10.6 Å². The molecule has 3 unspecified atom stereocenters. The molecule has 6 nitrogen and oxygen atoms in total. The van der Waals surface area contributed by atoms with E-state index >= 15 is 0 Å². The molecule has 0 saturated carbocycles. The Morgan fingerprint density at radius 3 is 2.33 bits per heavy atom. The lowest BCUT2D eigenvalue weighted by molar-refractivity contribution is -0.131. The van der Waals surface area contributed by atoms with Crippen molar-refractivity contribution in [2.75, 3.05) is 11.1 Å². The van der Waals surface area contributed by atoms with Crippen LogP contribution in [-0.2, 0) is 15.0 Å². The fraction of sp³-hybridized carbons (Fsp3) is 0.133. The normalized spacial score (nSPS) is 21.8. The van der Waals surface area contributed by atoms with Crippen molar-refractivity contribution in [3.05, 3.63) is 117 Å². The van der Waals surface area contributed by atoms with Crippen LogP contribution in [0.4, 0.5) is 11.4 Å². The summed E-state index contributed by atoms with van der Waals surface area (Å²) < 4.78 is 6.27. The third-order valence-corrected chi connectivity index (χ3v) is 8.10. The number of nitrogen functional groups attached to an aromatic ring is 1. The molecule has 3 atom stereocenters. The molecule has 9 heteroatoms. The van der Waals surface area contributed by atoms with Gasteiger partial charge in [-0.05, 0) is 77.9 Å². The topological polar surface area (TPSA) is 93.4 Å². The summed E-state index contributed by atoms with van der Waals surface area (Å²) in [6.45, 7) is 0. The van der Waals surface area contributed by atoms with Crippen LogP contribution in [0.5, 0.6) is 11.5 Å². The lowest BCUT2D eigenvalue weighted by Gasteiger charge is -2.46. The van der Waals surface area contributed by atoms with Crippen LogP contribution in [0.25, 0.3) is 0 Å². The number of nitrogens with one attached hydrogen (secondary N) is 2. The zero-order valence-corrected chi connectivity index (χ0v) is 22.6. The number of rotatable bonds is 4. The van der Waals surface area contributed by atoms with Gasteiger partial charge < -0.3 is 21.1 Å². The fourth-order valence-electron chi connectivity index (χ4n) is 5.77. The highest BCUT2D eigenvalue weighted by Crippen LogP contribution is 2.58. The van der Waals surface area contributed by atoms with Gasteiger partial charge in [-0.1, -0.05) is 53.0 Å². The summed E-state index contributed by atoms with van der Waals surface area (Å²) >= 11 is 19.2. The van der Waals surface area contributed by atoms with E-state index in [9.17, 15) is 9.59 Å². The van der Waals surface area contributed by atoms with Crippen LogP contribution in [0.15, 0.2) is 84.9 Å². The molecule has 1 saturated heterocycles. The van der Waals surface area contributed by atoms with E-state index in [0.29, 0.717) is 49.1 Å². The van der Waals surface area contributed by atoms with Gasteiger partial charge in [0.15, 0.2) is 0 Å². The quantitative estimate of drug-likeness (QED) is 0.222. The van der Waals surface area contributed by atoms with E-state index < -0.39 is 17.4 Å². The molecule has 0 radical (unpaired) electrons. The van der Waals surface area contributed by atoms with E-state index in [4.69, 9.17) is 45.3 Å². The molecule has 39 heavy (non-hydrogen) atoms. The summed E-state index contributed by atoms with van der Waals surface area (Å²) in [6, 6.07) is 23.8. The molecule has 196 valence electrons. The zero-order chi connectivity index (χ0) is 27.3. The van der Waals surface area contributed by atoms with Gasteiger partial charge in [-0.15, -0.1) is 0 Å². The monoisotopic (exact) mass is 577 g/mol. The number of anilines is 2. The van der Waals surface area contributed by atoms with Crippen molar-refractivity contribution < 1.29 is 14.3 Å². The maximum absolute atomic E-state index is 14.2. The van der Waals surface area contributed by atoms with Crippen LogP contribution >= 0.6 is 34.8 Å². The molecular formula is C30H22Cl3N3O3. The van der Waals surface area contributed by atoms with Crippen molar-refractivity contribution in [1.29, 1.82) is 0 Å². The third kappa shape index (κ3) is 4.39. The molecule has 0 aromatic heterocycles. The Kier molecular flexibility index (Phi) is 6.42. The number of nitrogens with two attached hydrogens (primary N) is 1. The lowest BCUT2D eigenvalue weighted by atomic mass is 9.59. The highest BCUT2D eigenvalue weighted by Gasteiger charge is 2.61.